The molecule has 0 aliphatic carbocycles. The number of hydrogen-bond acceptors (Lipinski definition) is 4. The molecule has 0 aromatic carbocycles. The molecule has 1 aromatic heterocycles. The third-order valence-corrected chi connectivity index (χ3v) is 4.35. The van der Waals surface area contributed by atoms with E-state index in [0.29, 0.717) is 12.1 Å². The fraction of sp³-hybridized carbons (Fsp3) is 0.800. The van der Waals surface area contributed by atoms with E-state index in [-0.39, 0.29) is 0 Å². The van der Waals surface area contributed by atoms with Crippen molar-refractivity contribution < 1.29 is 0 Å². The van der Waals surface area contributed by atoms with Gasteiger partial charge in [-0.05, 0) is 25.0 Å². The minimum Gasteiger partial charge on any atom is -0.304 e. The van der Waals surface area contributed by atoms with Crippen molar-refractivity contribution in [3.63, 3.8) is 0 Å². The molecule has 4 nitrogen and oxygen atoms in total. The van der Waals surface area contributed by atoms with Gasteiger partial charge in [0, 0.05) is 18.3 Å². The Labute approximate surface area is 93.8 Å². The van der Waals surface area contributed by atoms with Crippen LogP contribution in [0.15, 0.2) is 6.33 Å². The first kappa shape index (κ1) is 9.66. The maximum Gasteiger partial charge on any atom is 0.143 e. The fourth-order valence-corrected chi connectivity index (χ4v) is 3.56. The van der Waals surface area contributed by atoms with Crippen LogP contribution in [-0.2, 0) is 6.54 Å². The molecule has 3 rings (SSSR count). The van der Waals surface area contributed by atoms with Crippen molar-refractivity contribution >= 4 is 11.8 Å². The highest BCUT2D eigenvalue weighted by atomic mass is 32.2. The zero-order chi connectivity index (χ0) is 10.1. The monoisotopic (exact) mass is 224 g/mol. The summed E-state index contributed by atoms with van der Waals surface area (Å²) >= 11 is 2.05. The van der Waals surface area contributed by atoms with Crippen LogP contribution in [0, 0.1) is 0 Å². The molecule has 1 fully saturated rings. The van der Waals surface area contributed by atoms with Crippen molar-refractivity contribution in [2.24, 2.45) is 0 Å². The molecule has 1 saturated heterocycles. The molecule has 1 N–H and O–H groups in total. The number of hydrogen-bond donors (Lipinski definition) is 1. The number of thioether (sulfide) groups is 1. The SMILES string of the molecule is c1nc2n(n1)CCCC2NC1CCSC1. The summed E-state index contributed by atoms with van der Waals surface area (Å²) in [6, 6.07) is 1.12. The quantitative estimate of drug-likeness (QED) is 0.820. The molecule has 3 heterocycles. The molecule has 0 radical (unpaired) electrons. The van der Waals surface area contributed by atoms with Crippen molar-refractivity contribution in [2.75, 3.05) is 11.5 Å². The highest BCUT2D eigenvalue weighted by molar-refractivity contribution is 7.99. The Morgan fingerprint density at radius 2 is 2.47 bits per heavy atom. The topological polar surface area (TPSA) is 42.7 Å². The molecule has 2 unspecified atom stereocenters. The normalized spacial score (nSPS) is 30.4. The average Bonchev–Trinajstić information content (AvgIpc) is 2.87. The lowest BCUT2D eigenvalue weighted by atomic mass is 10.1. The van der Waals surface area contributed by atoms with Gasteiger partial charge in [0.05, 0.1) is 6.04 Å². The highest BCUT2D eigenvalue weighted by Crippen LogP contribution is 2.25. The van der Waals surface area contributed by atoms with Gasteiger partial charge in [-0.3, -0.25) is 0 Å². The van der Waals surface area contributed by atoms with E-state index >= 15 is 0 Å². The van der Waals surface area contributed by atoms with E-state index in [0.717, 1.165) is 12.4 Å². The van der Waals surface area contributed by atoms with E-state index in [1.54, 1.807) is 6.33 Å². The lowest BCUT2D eigenvalue weighted by Crippen LogP contribution is -2.36. The smallest absolute Gasteiger partial charge is 0.143 e. The minimum atomic E-state index is 0.435. The summed E-state index contributed by atoms with van der Waals surface area (Å²) in [4.78, 5) is 4.36. The van der Waals surface area contributed by atoms with Gasteiger partial charge in [-0.1, -0.05) is 0 Å². The molecule has 82 valence electrons. The summed E-state index contributed by atoms with van der Waals surface area (Å²) < 4.78 is 2.04. The summed E-state index contributed by atoms with van der Waals surface area (Å²) in [6.07, 6.45) is 5.40. The maximum absolute atomic E-state index is 4.36. The molecular weight excluding hydrogens is 208 g/mol. The van der Waals surface area contributed by atoms with Crippen molar-refractivity contribution in [2.45, 2.75) is 37.9 Å². The van der Waals surface area contributed by atoms with Crippen LogP contribution in [0.1, 0.15) is 31.1 Å². The number of fused-ring (bicyclic) bond motifs is 1. The first-order chi connectivity index (χ1) is 7.43. The van der Waals surface area contributed by atoms with Gasteiger partial charge < -0.3 is 5.32 Å². The first-order valence-corrected chi connectivity index (χ1v) is 6.80. The Balaban J connectivity index is 1.72. The number of aryl methyl sites for hydroxylation is 1. The van der Waals surface area contributed by atoms with Gasteiger partial charge in [-0.2, -0.15) is 16.9 Å². The first-order valence-electron chi connectivity index (χ1n) is 5.65. The van der Waals surface area contributed by atoms with Crippen molar-refractivity contribution in [1.82, 2.24) is 20.1 Å². The predicted molar refractivity (Wildman–Crippen MR) is 60.9 cm³/mol. The van der Waals surface area contributed by atoms with Gasteiger partial charge in [-0.15, -0.1) is 0 Å². The van der Waals surface area contributed by atoms with E-state index in [2.05, 4.69) is 15.4 Å². The van der Waals surface area contributed by atoms with E-state index in [4.69, 9.17) is 0 Å². The molecule has 5 heteroatoms. The maximum atomic E-state index is 4.36. The lowest BCUT2D eigenvalue weighted by molar-refractivity contribution is 0.343. The van der Waals surface area contributed by atoms with Crippen LogP contribution in [0.3, 0.4) is 0 Å². The van der Waals surface area contributed by atoms with Crippen LogP contribution < -0.4 is 5.32 Å². The molecular formula is C10H16N4S. The number of aromatic nitrogens is 3. The van der Waals surface area contributed by atoms with Crippen LogP contribution in [0.2, 0.25) is 0 Å². The summed E-state index contributed by atoms with van der Waals surface area (Å²) in [5, 5.41) is 7.96. The Kier molecular flexibility index (Phi) is 2.66. The Bertz CT molecular complexity index is 332. The zero-order valence-electron chi connectivity index (χ0n) is 8.72. The van der Waals surface area contributed by atoms with Crippen molar-refractivity contribution in [3.05, 3.63) is 12.2 Å². The molecule has 0 saturated carbocycles. The van der Waals surface area contributed by atoms with E-state index < -0.39 is 0 Å². The lowest BCUT2D eigenvalue weighted by Gasteiger charge is -2.25. The molecule has 0 bridgehead atoms. The number of nitrogens with one attached hydrogen (secondary N) is 1. The summed E-state index contributed by atoms with van der Waals surface area (Å²) in [5.41, 5.74) is 0. The highest BCUT2D eigenvalue weighted by Gasteiger charge is 2.26. The van der Waals surface area contributed by atoms with Gasteiger partial charge in [0.1, 0.15) is 12.2 Å². The Morgan fingerprint density at radius 1 is 1.47 bits per heavy atom. The molecule has 0 spiro atoms. The summed E-state index contributed by atoms with van der Waals surface area (Å²) in [7, 11) is 0. The van der Waals surface area contributed by atoms with E-state index in [9.17, 15) is 0 Å². The zero-order valence-corrected chi connectivity index (χ0v) is 9.54. The molecule has 2 aliphatic heterocycles. The van der Waals surface area contributed by atoms with Crippen molar-refractivity contribution in [1.29, 1.82) is 0 Å². The standard InChI is InChI=1S/C10H16N4S/c1-2-9(13-8-3-5-15-6-8)10-11-7-12-14(10)4-1/h7-9,13H,1-6H2. The predicted octanol–water partition coefficient (Wildman–Crippen LogP) is 1.21. The molecule has 15 heavy (non-hydrogen) atoms. The third-order valence-electron chi connectivity index (χ3n) is 3.19. The van der Waals surface area contributed by atoms with Gasteiger partial charge in [0.2, 0.25) is 0 Å². The van der Waals surface area contributed by atoms with Crippen LogP contribution in [0.25, 0.3) is 0 Å². The molecule has 2 aliphatic rings. The average molecular weight is 224 g/mol. The van der Waals surface area contributed by atoms with Gasteiger partial charge in [-0.25, -0.2) is 9.67 Å². The van der Waals surface area contributed by atoms with Crippen LogP contribution in [-0.4, -0.2) is 32.3 Å². The molecule has 1 aromatic rings. The van der Waals surface area contributed by atoms with Crippen LogP contribution >= 0.6 is 11.8 Å². The van der Waals surface area contributed by atoms with Gasteiger partial charge in [0.25, 0.3) is 0 Å². The molecule has 2 atom stereocenters. The molecule has 0 amide bonds. The van der Waals surface area contributed by atoms with Gasteiger partial charge >= 0.3 is 0 Å². The summed E-state index contributed by atoms with van der Waals surface area (Å²) in [5.74, 6) is 3.69. The number of rotatable bonds is 2. The second-order valence-electron chi connectivity index (χ2n) is 4.26. The van der Waals surface area contributed by atoms with Crippen molar-refractivity contribution in [3.8, 4) is 0 Å². The van der Waals surface area contributed by atoms with E-state index in [1.165, 1.54) is 30.8 Å². The van der Waals surface area contributed by atoms with Gasteiger partial charge in [0.15, 0.2) is 0 Å². The van der Waals surface area contributed by atoms with E-state index in [1.807, 2.05) is 16.4 Å². The Hall–Kier alpha value is -0.550. The largest absolute Gasteiger partial charge is 0.304 e. The third kappa shape index (κ3) is 1.90. The second kappa shape index (κ2) is 4.14. The summed E-state index contributed by atoms with van der Waals surface area (Å²) in [6.45, 7) is 1.03. The fourth-order valence-electron chi connectivity index (χ4n) is 2.40. The van der Waals surface area contributed by atoms with Crippen LogP contribution in [0.4, 0.5) is 0 Å². The minimum absolute atomic E-state index is 0.435. The number of nitrogens with zero attached hydrogens (tertiary/aromatic N) is 3. The Morgan fingerprint density at radius 3 is 3.33 bits per heavy atom. The van der Waals surface area contributed by atoms with Crippen LogP contribution in [0.5, 0.6) is 0 Å². The second-order valence-corrected chi connectivity index (χ2v) is 5.41.